The predicted molar refractivity (Wildman–Crippen MR) is 77.8 cm³/mol. The smallest absolute Gasteiger partial charge is 0.297 e. The fourth-order valence-electron chi connectivity index (χ4n) is 1.57. The summed E-state index contributed by atoms with van der Waals surface area (Å²) in [6.45, 7) is 3.78. The van der Waals surface area contributed by atoms with Crippen LogP contribution in [0.3, 0.4) is 0 Å². The second-order valence-corrected chi connectivity index (χ2v) is 5.84. The molecule has 0 unspecified atom stereocenters. The minimum absolute atomic E-state index is 0.0191. The molecule has 0 aromatic heterocycles. The van der Waals surface area contributed by atoms with Gasteiger partial charge in [0.2, 0.25) is 0 Å². The first-order valence-electron chi connectivity index (χ1n) is 6.67. The molecule has 21 heavy (non-hydrogen) atoms. The van der Waals surface area contributed by atoms with E-state index in [2.05, 4.69) is 0 Å². The van der Waals surface area contributed by atoms with Gasteiger partial charge in [-0.3, -0.25) is 4.18 Å². The monoisotopic (exact) mass is 318 g/mol. The number of methoxy groups -OCH3 is 1. The molecular formula is C14H22O6S. The Balaban J connectivity index is 2.19. The lowest BCUT2D eigenvalue weighted by molar-refractivity contribution is 0.0184. The van der Waals surface area contributed by atoms with Gasteiger partial charge < -0.3 is 14.2 Å². The Morgan fingerprint density at radius 2 is 1.48 bits per heavy atom. The van der Waals surface area contributed by atoms with Gasteiger partial charge in [-0.05, 0) is 18.6 Å². The van der Waals surface area contributed by atoms with Crippen molar-refractivity contribution in [1.82, 2.24) is 0 Å². The zero-order valence-corrected chi connectivity index (χ0v) is 13.2. The summed E-state index contributed by atoms with van der Waals surface area (Å²) in [6, 6.07) is 6.69. The first-order valence-corrected chi connectivity index (χ1v) is 8.08. The minimum atomic E-state index is -3.72. The maximum atomic E-state index is 11.9. The van der Waals surface area contributed by atoms with Crippen LogP contribution >= 0.6 is 0 Å². The Morgan fingerprint density at radius 3 is 2.10 bits per heavy atom. The third kappa shape index (κ3) is 7.01. The van der Waals surface area contributed by atoms with E-state index in [4.69, 9.17) is 18.4 Å². The van der Waals surface area contributed by atoms with E-state index in [1.54, 1.807) is 32.2 Å². The van der Waals surface area contributed by atoms with Gasteiger partial charge in [0.05, 0.1) is 44.5 Å². The van der Waals surface area contributed by atoms with Gasteiger partial charge in [-0.2, -0.15) is 8.42 Å². The molecule has 0 fully saturated rings. The summed E-state index contributed by atoms with van der Waals surface area (Å²) in [4.78, 5) is 0.188. The van der Waals surface area contributed by atoms with Gasteiger partial charge in [-0.1, -0.05) is 18.2 Å². The average Bonchev–Trinajstić information content (AvgIpc) is 2.46. The highest BCUT2D eigenvalue weighted by atomic mass is 32.2. The number of hydrogen-bond acceptors (Lipinski definition) is 6. The van der Waals surface area contributed by atoms with Crippen LogP contribution in [0, 0.1) is 6.92 Å². The molecule has 1 rings (SSSR count). The molecule has 0 amide bonds. The molecule has 0 saturated carbocycles. The molecule has 0 aliphatic heterocycles. The van der Waals surface area contributed by atoms with Crippen molar-refractivity contribution in [3.8, 4) is 0 Å². The first-order chi connectivity index (χ1) is 10.1. The Morgan fingerprint density at radius 1 is 0.905 bits per heavy atom. The average molecular weight is 318 g/mol. The molecule has 1 aromatic carbocycles. The summed E-state index contributed by atoms with van der Waals surface area (Å²) in [7, 11) is -2.12. The molecule has 0 radical (unpaired) electrons. The van der Waals surface area contributed by atoms with E-state index in [0.29, 0.717) is 32.0 Å². The molecule has 120 valence electrons. The minimum Gasteiger partial charge on any atom is -0.382 e. The Hall–Kier alpha value is -0.990. The van der Waals surface area contributed by atoms with Crippen LogP contribution in [-0.2, 0) is 28.5 Å². The van der Waals surface area contributed by atoms with Crippen LogP contribution in [0.15, 0.2) is 29.2 Å². The van der Waals surface area contributed by atoms with Crippen LogP contribution in [0.4, 0.5) is 0 Å². The molecule has 0 spiro atoms. The maximum Gasteiger partial charge on any atom is 0.297 e. The topological polar surface area (TPSA) is 71.1 Å². The summed E-state index contributed by atoms with van der Waals surface area (Å²) < 4.78 is 44.1. The van der Waals surface area contributed by atoms with E-state index in [1.807, 2.05) is 0 Å². The molecule has 0 atom stereocenters. The zero-order chi connectivity index (χ0) is 15.6. The normalized spacial score (nSPS) is 11.7. The third-order valence-electron chi connectivity index (χ3n) is 2.63. The lowest BCUT2D eigenvalue weighted by Gasteiger charge is -2.08. The Labute approximate surface area is 126 Å². The van der Waals surface area contributed by atoms with Crippen LogP contribution in [0.2, 0.25) is 0 Å². The second-order valence-electron chi connectivity index (χ2n) is 4.26. The van der Waals surface area contributed by atoms with Crippen molar-refractivity contribution in [2.75, 3.05) is 46.8 Å². The van der Waals surface area contributed by atoms with Crippen molar-refractivity contribution in [2.45, 2.75) is 11.8 Å². The summed E-state index contributed by atoms with van der Waals surface area (Å²) in [5.74, 6) is 0. The fraction of sp³-hybridized carbons (Fsp3) is 0.571. The van der Waals surface area contributed by atoms with Crippen molar-refractivity contribution in [3.05, 3.63) is 29.8 Å². The maximum absolute atomic E-state index is 11.9. The molecule has 6 nitrogen and oxygen atoms in total. The van der Waals surface area contributed by atoms with E-state index in [9.17, 15) is 8.42 Å². The largest absolute Gasteiger partial charge is 0.382 e. The van der Waals surface area contributed by atoms with Crippen LogP contribution in [0.25, 0.3) is 0 Å². The number of aryl methyl sites for hydroxylation is 1. The van der Waals surface area contributed by atoms with Crippen LogP contribution in [0.5, 0.6) is 0 Å². The quantitative estimate of drug-likeness (QED) is 0.453. The van der Waals surface area contributed by atoms with Gasteiger partial charge in [0, 0.05) is 7.11 Å². The SMILES string of the molecule is COCCOCCOCCOS(=O)(=O)c1ccccc1C. The van der Waals surface area contributed by atoms with Crippen LogP contribution in [0.1, 0.15) is 5.56 Å². The lowest BCUT2D eigenvalue weighted by atomic mass is 10.2. The molecule has 1 aromatic rings. The molecule has 0 aliphatic carbocycles. The van der Waals surface area contributed by atoms with Gasteiger partial charge >= 0.3 is 0 Å². The summed E-state index contributed by atoms with van der Waals surface area (Å²) in [6.07, 6.45) is 0. The Kier molecular flexibility index (Phi) is 8.48. The van der Waals surface area contributed by atoms with Crippen molar-refractivity contribution < 1.29 is 26.8 Å². The van der Waals surface area contributed by atoms with Crippen LogP contribution in [-0.4, -0.2) is 55.2 Å². The van der Waals surface area contributed by atoms with E-state index in [1.165, 1.54) is 6.07 Å². The molecule has 0 aliphatic rings. The molecule has 0 bridgehead atoms. The zero-order valence-electron chi connectivity index (χ0n) is 12.4. The number of benzene rings is 1. The molecule has 7 heteroatoms. The van der Waals surface area contributed by atoms with Gasteiger partial charge in [0.25, 0.3) is 10.1 Å². The first kappa shape index (κ1) is 18.1. The van der Waals surface area contributed by atoms with E-state index >= 15 is 0 Å². The number of hydrogen-bond donors (Lipinski definition) is 0. The van der Waals surface area contributed by atoms with Gasteiger partial charge in [0.15, 0.2) is 0 Å². The number of rotatable bonds is 11. The fourth-order valence-corrected chi connectivity index (χ4v) is 2.69. The predicted octanol–water partition coefficient (Wildman–Crippen LogP) is 1.38. The molecular weight excluding hydrogens is 296 g/mol. The summed E-state index contributed by atoms with van der Waals surface area (Å²) >= 11 is 0. The standard InChI is InChI=1S/C14H22O6S/c1-13-5-3-4-6-14(13)21(15,16)20-12-11-19-10-9-18-8-7-17-2/h3-6H,7-12H2,1-2H3. The van der Waals surface area contributed by atoms with Crippen molar-refractivity contribution >= 4 is 10.1 Å². The van der Waals surface area contributed by atoms with Crippen molar-refractivity contribution in [1.29, 1.82) is 0 Å². The van der Waals surface area contributed by atoms with Crippen LogP contribution < -0.4 is 0 Å². The summed E-state index contributed by atoms with van der Waals surface area (Å²) in [5.41, 5.74) is 0.657. The van der Waals surface area contributed by atoms with E-state index < -0.39 is 10.1 Å². The van der Waals surface area contributed by atoms with E-state index in [-0.39, 0.29) is 18.1 Å². The van der Waals surface area contributed by atoms with Gasteiger partial charge in [0.1, 0.15) is 0 Å². The molecule has 0 saturated heterocycles. The highest BCUT2D eigenvalue weighted by molar-refractivity contribution is 7.86. The molecule has 0 N–H and O–H groups in total. The Bertz CT molecular complexity index is 500. The second kappa shape index (κ2) is 9.86. The number of ether oxygens (including phenoxy) is 3. The summed E-state index contributed by atoms with van der Waals surface area (Å²) in [5, 5.41) is 0. The van der Waals surface area contributed by atoms with Gasteiger partial charge in [-0.25, -0.2) is 0 Å². The third-order valence-corrected chi connectivity index (χ3v) is 4.11. The van der Waals surface area contributed by atoms with E-state index in [0.717, 1.165) is 0 Å². The highest BCUT2D eigenvalue weighted by Gasteiger charge is 2.16. The highest BCUT2D eigenvalue weighted by Crippen LogP contribution is 2.16. The van der Waals surface area contributed by atoms with Crippen molar-refractivity contribution in [3.63, 3.8) is 0 Å². The van der Waals surface area contributed by atoms with Gasteiger partial charge in [-0.15, -0.1) is 0 Å². The lowest BCUT2D eigenvalue weighted by Crippen LogP contribution is -2.14. The molecule has 0 heterocycles. The van der Waals surface area contributed by atoms with Crippen molar-refractivity contribution in [2.24, 2.45) is 0 Å².